The van der Waals surface area contributed by atoms with Gasteiger partial charge in [0.15, 0.2) is 0 Å². The number of carbonyl (C=O) groups excluding carboxylic acids is 1. The lowest BCUT2D eigenvalue weighted by molar-refractivity contribution is -0.116. The first-order valence-electron chi connectivity index (χ1n) is 6.19. The van der Waals surface area contributed by atoms with Gasteiger partial charge in [0.05, 0.1) is 3.57 Å². The molecule has 0 spiro atoms. The van der Waals surface area contributed by atoms with Crippen molar-refractivity contribution < 1.29 is 9.53 Å². The van der Waals surface area contributed by atoms with Gasteiger partial charge in [0.25, 0.3) is 5.91 Å². The monoisotopic (exact) mass is 395 g/mol. The van der Waals surface area contributed by atoms with E-state index < -0.39 is 0 Å². The zero-order chi connectivity index (χ0) is 15.1. The fourth-order valence-corrected chi connectivity index (χ4v) is 2.30. The fourth-order valence-electron chi connectivity index (χ4n) is 1.60. The molecule has 0 saturated carbocycles. The average molecular weight is 395 g/mol. The first-order valence-corrected chi connectivity index (χ1v) is 7.27. The molecule has 21 heavy (non-hydrogen) atoms. The maximum atomic E-state index is 11.0. The molecule has 0 atom stereocenters. The number of hydrazine groups is 1. The highest BCUT2D eigenvalue weighted by Crippen LogP contribution is 2.23. The van der Waals surface area contributed by atoms with Crippen molar-refractivity contribution in [3.8, 4) is 5.75 Å². The van der Waals surface area contributed by atoms with Crippen molar-refractivity contribution in [3.05, 3.63) is 63.5 Å². The van der Waals surface area contributed by atoms with Crippen molar-refractivity contribution >= 4 is 34.6 Å². The van der Waals surface area contributed by atoms with Crippen LogP contribution in [0.1, 0.15) is 11.1 Å². The Morgan fingerprint density at radius 1 is 1.43 bits per heavy atom. The van der Waals surface area contributed by atoms with Crippen LogP contribution in [0.5, 0.6) is 5.75 Å². The lowest BCUT2D eigenvalue weighted by Crippen LogP contribution is -2.27. The number of nitrogens with one attached hydrogen (secondary N) is 1. The third kappa shape index (κ3) is 4.83. The molecule has 6 heteroatoms. The minimum atomic E-state index is -0.345. The Labute approximate surface area is 136 Å². The number of hydrogen-bond acceptors (Lipinski definition) is 4. The highest BCUT2D eigenvalue weighted by Gasteiger charge is 2.02. The van der Waals surface area contributed by atoms with E-state index in [0.717, 1.165) is 20.4 Å². The number of hydrogen-bond donors (Lipinski definition) is 2. The molecule has 0 aliphatic heterocycles. The van der Waals surface area contributed by atoms with E-state index in [1.54, 1.807) is 18.5 Å². The topological polar surface area (TPSA) is 77.2 Å². The minimum Gasteiger partial charge on any atom is -0.488 e. The van der Waals surface area contributed by atoms with Crippen LogP contribution in [0.25, 0.3) is 6.08 Å². The molecule has 2 aromatic rings. The number of pyridine rings is 1. The Balaban J connectivity index is 2.02. The number of benzene rings is 1. The molecular formula is C15H14IN3O2. The number of rotatable bonds is 5. The summed E-state index contributed by atoms with van der Waals surface area (Å²) in [6.07, 6.45) is 6.57. The van der Waals surface area contributed by atoms with Gasteiger partial charge in [-0.05, 0) is 52.4 Å². The van der Waals surface area contributed by atoms with Crippen molar-refractivity contribution in [1.82, 2.24) is 10.4 Å². The molecule has 1 aromatic carbocycles. The second-order valence-electron chi connectivity index (χ2n) is 4.18. The van der Waals surface area contributed by atoms with Crippen LogP contribution in [0.15, 0.2) is 48.8 Å². The number of ether oxygens (including phenoxy) is 1. The third-order valence-corrected chi connectivity index (χ3v) is 3.49. The average Bonchev–Trinajstić information content (AvgIpc) is 2.52. The minimum absolute atomic E-state index is 0.345. The summed E-state index contributed by atoms with van der Waals surface area (Å²) in [6.45, 7) is 0.467. The molecule has 1 aromatic heterocycles. The highest BCUT2D eigenvalue weighted by molar-refractivity contribution is 14.1. The first-order chi connectivity index (χ1) is 10.2. The summed E-state index contributed by atoms with van der Waals surface area (Å²) in [5.74, 6) is 5.45. The van der Waals surface area contributed by atoms with Gasteiger partial charge >= 0.3 is 0 Å². The standard InChI is InChI=1S/C15H14IN3O2/c16-13-8-11(4-6-15(20)19-17)3-5-14(13)21-10-12-2-1-7-18-9-12/h1-9H,10,17H2,(H,19,20)/b6-4+. The molecule has 3 N–H and O–H groups in total. The molecule has 0 aliphatic carbocycles. The molecule has 1 heterocycles. The van der Waals surface area contributed by atoms with Crippen LogP contribution < -0.4 is 16.0 Å². The van der Waals surface area contributed by atoms with Crippen molar-refractivity contribution in [2.75, 3.05) is 0 Å². The summed E-state index contributed by atoms with van der Waals surface area (Å²) in [5, 5.41) is 0. The molecule has 5 nitrogen and oxygen atoms in total. The molecule has 0 radical (unpaired) electrons. The largest absolute Gasteiger partial charge is 0.488 e. The van der Waals surface area contributed by atoms with Gasteiger partial charge in [0.2, 0.25) is 0 Å². The number of nitrogens with zero attached hydrogens (tertiary/aromatic N) is 1. The van der Waals surface area contributed by atoms with E-state index in [1.165, 1.54) is 6.08 Å². The third-order valence-electron chi connectivity index (χ3n) is 2.64. The molecule has 0 fully saturated rings. The van der Waals surface area contributed by atoms with Crippen molar-refractivity contribution in [3.63, 3.8) is 0 Å². The quantitative estimate of drug-likeness (QED) is 0.268. The van der Waals surface area contributed by atoms with Crippen LogP contribution in [-0.4, -0.2) is 10.9 Å². The van der Waals surface area contributed by atoms with Crippen molar-refractivity contribution in [2.24, 2.45) is 5.84 Å². The van der Waals surface area contributed by atoms with E-state index in [-0.39, 0.29) is 5.91 Å². The molecular weight excluding hydrogens is 381 g/mol. The number of nitrogens with two attached hydrogens (primary N) is 1. The Hall–Kier alpha value is -1.93. The first kappa shape index (κ1) is 15.5. The number of carbonyl (C=O) groups is 1. The number of halogens is 1. The van der Waals surface area contributed by atoms with E-state index in [2.05, 4.69) is 27.6 Å². The molecule has 0 aliphatic rings. The van der Waals surface area contributed by atoms with E-state index >= 15 is 0 Å². The van der Waals surface area contributed by atoms with Gasteiger partial charge in [-0.15, -0.1) is 0 Å². The Kier molecular flexibility index (Phi) is 5.70. The lowest BCUT2D eigenvalue weighted by atomic mass is 10.2. The molecule has 0 bridgehead atoms. The Morgan fingerprint density at radius 3 is 2.95 bits per heavy atom. The van der Waals surface area contributed by atoms with Crippen molar-refractivity contribution in [2.45, 2.75) is 6.61 Å². The summed E-state index contributed by atoms with van der Waals surface area (Å²) in [6, 6.07) is 9.51. The molecule has 0 unspecified atom stereocenters. The van der Waals surface area contributed by atoms with E-state index in [9.17, 15) is 4.79 Å². The SMILES string of the molecule is NNC(=O)/C=C/c1ccc(OCc2cccnc2)c(I)c1. The maximum absolute atomic E-state index is 11.0. The Bertz CT molecular complexity index is 645. The normalized spacial score (nSPS) is 10.6. The van der Waals surface area contributed by atoms with Crippen LogP contribution in [0.2, 0.25) is 0 Å². The van der Waals surface area contributed by atoms with Gasteiger partial charge in [-0.2, -0.15) is 0 Å². The summed E-state index contributed by atoms with van der Waals surface area (Å²) in [5.41, 5.74) is 3.95. The van der Waals surface area contributed by atoms with E-state index in [0.29, 0.717) is 6.61 Å². The van der Waals surface area contributed by atoms with Gasteiger partial charge in [-0.1, -0.05) is 12.1 Å². The molecule has 108 valence electrons. The van der Waals surface area contributed by atoms with Crippen LogP contribution >= 0.6 is 22.6 Å². The van der Waals surface area contributed by atoms with Crippen LogP contribution in [-0.2, 0) is 11.4 Å². The molecule has 1 amide bonds. The lowest BCUT2D eigenvalue weighted by Gasteiger charge is -2.08. The van der Waals surface area contributed by atoms with Gasteiger partial charge in [-0.3, -0.25) is 15.2 Å². The van der Waals surface area contributed by atoms with E-state index in [4.69, 9.17) is 10.6 Å². The number of aromatic nitrogens is 1. The van der Waals surface area contributed by atoms with Gasteiger partial charge in [-0.25, -0.2) is 5.84 Å². The smallest absolute Gasteiger partial charge is 0.257 e. The van der Waals surface area contributed by atoms with Gasteiger partial charge in [0.1, 0.15) is 12.4 Å². The zero-order valence-electron chi connectivity index (χ0n) is 11.1. The second kappa shape index (κ2) is 7.75. The summed E-state index contributed by atoms with van der Waals surface area (Å²) in [7, 11) is 0. The summed E-state index contributed by atoms with van der Waals surface area (Å²) >= 11 is 2.20. The van der Waals surface area contributed by atoms with Crippen molar-refractivity contribution in [1.29, 1.82) is 0 Å². The highest BCUT2D eigenvalue weighted by atomic mass is 127. The summed E-state index contributed by atoms with van der Waals surface area (Å²) in [4.78, 5) is 15.1. The molecule has 0 saturated heterocycles. The van der Waals surface area contributed by atoms with Crippen LogP contribution in [0.3, 0.4) is 0 Å². The maximum Gasteiger partial charge on any atom is 0.257 e. The Morgan fingerprint density at radius 2 is 2.29 bits per heavy atom. The predicted octanol–water partition coefficient (Wildman–Crippen LogP) is 2.27. The predicted molar refractivity (Wildman–Crippen MR) is 89.1 cm³/mol. The van der Waals surface area contributed by atoms with Crippen LogP contribution in [0.4, 0.5) is 0 Å². The zero-order valence-corrected chi connectivity index (χ0v) is 13.3. The van der Waals surface area contributed by atoms with Crippen LogP contribution in [0, 0.1) is 3.57 Å². The van der Waals surface area contributed by atoms with E-state index in [1.807, 2.05) is 35.8 Å². The summed E-state index contributed by atoms with van der Waals surface area (Å²) < 4.78 is 6.72. The van der Waals surface area contributed by atoms with Gasteiger partial charge in [0, 0.05) is 24.0 Å². The second-order valence-corrected chi connectivity index (χ2v) is 5.34. The van der Waals surface area contributed by atoms with Gasteiger partial charge < -0.3 is 4.74 Å². The fraction of sp³-hybridized carbons (Fsp3) is 0.0667. The molecule has 2 rings (SSSR count). The number of amides is 1.